The summed E-state index contributed by atoms with van der Waals surface area (Å²) in [5, 5.41) is 0. The monoisotopic (exact) mass is 290 g/mol. The lowest BCUT2D eigenvalue weighted by atomic mass is 9.96. The summed E-state index contributed by atoms with van der Waals surface area (Å²) in [5.41, 5.74) is 0. The Hall–Kier alpha value is -2.13. The zero-order valence-electron chi connectivity index (χ0n) is 11.3. The summed E-state index contributed by atoms with van der Waals surface area (Å²) in [6.07, 6.45) is 0. The minimum Gasteiger partial charge on any atom is -0.557 e. The first-order valence-corrected chi connectivity index (χ1v) is 7.41. The first-order chi connectivity index (χ1) is 10.4. The van der Waals surface area contributed by atoms with Gasteiger partial charge in [0, 0.05) is 9.55 Å². The normalized spacial score (nSPS) is 9.90. The quantitative estimate of drug-likeness (QED) is 0.649. The Morgan fingerprint density at radius 2 is 1.00 bits per heavy atom. The van der Waals surface area contributed by atoms with Crippen LogP contribution in [0.1, 0.15) is 0 Å². The Balaban J connectivity index is 1.52. The molecular formula is C16H12B2O2S. The molecule has 100 valence electrons. The van der Waals surface area contributed by atoms with Gasteiger partial charge in [-0.25, -0.2) is 0 Å². The van der Waals surface area contributed by atoms with Crippen molar-refractivity contribution in [3.8, 4) is 11.5 Å². The highest BCUT2D eigenvalue weighted by Crippen LogP contribution is 2.08. The van der Waals surface area contributed by atoms with Gasteiger partial charge in [-0.3, -0.25) is 0 Å². The van der Waals surface area contributed by atoms with Crippen LogP contribution in [0.25, 0.3) is 0 Å². The fraction of sp³-hybridized carbons (Fsp3) is 0. The van der Waals surface area contributed by atoms with Gasteiger partial charge in [-0.1, -0.05) is 48.5 Å². The van der Waals surface area contributed by atoms with Crippen molar-refractivity contribution in [3.05, 3.63) is 72.8 Å². The molecule has 2 aromatic carbocycles. The van der Waals surface area contributed by atoms with Crippen molar-refractivity contribution in [2.45, 2.75) is 0 Å². The molecule has 5 heteroatoms. The predicted octanol–water partition coefficient (Wildman–Crippen LogP) is 2.40. The smallest absolute Gasteiger partial charge is 0.419 e. The highest BCUT2D eigenvalue weighted by Gasteiger charge is 2.07. The minimum atomic E-state index is 0.831. The molecule has 0 atom stereocenters. The zero-order valence-corrected chi connectivity index (χ0v) is 12.1. The molecule has 0 unspecified atom stereocenters. The maximum atomic E-state index is 5.60. The number of hydrogen-bond donors (Lipinski definition) is 0. The molecular weight excluding hydrogens is 278 g/mol. The van der Waals surface area contributed by atoms with Crippen molar-refractivity contribution in [2.24, 2.45) is 0 Å². The third kappa shape index (κ3) is 4.17. The van der Waals surface area contributed by atoms with Gasteiger partial charge in [0.2, 0.25) is 0 Å². The zero-order chi connectivity index (χ0) is 14.3. The van der Waals surface area contributed by atoms with E-state index < -0.39 is 0 Å². The number of hydrogen-bond acceptors (Lipinski definition) is 3. The van der Waals surface area contributed by atoms with E-state index in [2.05, 4.69) is 0 Å². The summed E-state index contributed by atoms with van der Waals surface area (Å²) in [5.74, 6) is 1.66. The summed E-state index contributed by atoms with van der Waals surface area (Å²) in [7, 11) is 3.50. The molecule has 3 rings (SSSR count). The molecule has 0 aliphatic carbocycles. The second kappa shape index (κ2) is 7.04. The largest absolute Gasteiger partial charge is 0.557 e. The highest BCUT2D eigenvalue weighted by atomic mass is 32.1. The molecule has 3 aromatic rings. The van der Waals surface area contributed by atoms with E-state index >= 15 is 0 Å². The lowest BCUT2D eigenvalue weighted by Gasteiger charge is -2.03. The maximum absolute atomic E-state index is 5.60. The average Bonchev–Trinajstić information content (AvgIpc) is 3.01. The van der Waals surface area contributed by atoms with E-state index in [0.29, 0.717) is 0 Å². The van der Waals surface area contributed by atoms with Gasteiger partial charge < -0.3 is 9.31 Å². The van der Waals surface area contributed by atoms with Crippen molar-refractivity contribution < 1.29 is 9.31 Å². The first kappa shape index (κ1) is 13.8. The van der Waals surface area contributed by atoms with Crippen molar-refractivity contribution in [2.75, 3.05) is 0 Å². The summed E-state index contributed by atoms with van der Waals surface area (Å²) >= 11 is 1.61. The number of thiophene rings is 1. The molecule has 1 heterocycles. The van der Waals surface area contributed by atoms with Gasteiger partial charge in [0.1, 0.15) is 0 Å². The van der Waals surface area contributed by atoms with Gasteiger partial charge in [-0.15, -0.1) is 0 Å². The number of para-hydroxylation sites is 2. The van der Waals surface area contributed by atoms with Gasteiger partial charge in [0.15, 0.2) is 0 Å². The Kier molecular flexibility index (Phi) is 4.64. The Morgan fingerprint density at radius 1 is 0.571 bits per heavy atom. The molecule has 0 bridgehead atoms. The molecule has 0 aliphatic rings. The van der Waals surface area contributed by atoms with E-state index in [-0.39, 0.29) is 0 Å². The van der Waals surface area contributed by atoms with Crippen LogP contribution < -0.4 is 18.9 Å². The standard InChI is InChI=1S/C16H12B2O2S/c1-3-7-13(8-4-1)19-17-15-11-12-16(21-15)18-20-14-9-5-2-6-10-14/h1-12H. The highest BCUT2D eigenvalue weighted by molar-refractivity contribution is 7.28. The molecule has 0 spiro atoms. The van der Waals surface area contributed by atoms with Gasteiger partial charge >= 0.3 is 15.0 Å². The summed E-state index contributed by atoms with van der Waals surface area (Å²) < 4.78 is 13.3. The number of benzene rings is 2. The molecule has 0 aliphatic heterocycles. The SMILES string of the molecule is [B](Oc1ccccc1)c1ccc([B]Oc2ccccc2)s1. The fourth-order valence-electron chi connectivity index (χ4n) is 1.75. The third-order valence-electron chi connectivity index (χ3n) is 2.76. The average molecular weight is 290 g/mol. The van der Waals surface area contributed by atoms with Crippen molar-refractivity contribution in [3.63, 3.8) is 0 Å². The Morgan fingerprint density at radius 3 is 1.43 bits per heavy atom. The van der Waals surface area contributed by atoms with Crippen molar-refractivity contribution >= 4 is 35.9 Å². The van der Waals surface area contributed by atoms with Crippen molar-refractivity contribution in [1.29, 1.82) is 0 Å². The summed E-state index contributed by atoms with van der Waals surface area (Å²) in [6.45, 7) is 0. The van der Waals surface area contributed by atoms with Gasteiger partial charge in [0.25, 0.3) is 0 Å². The van der Waals surface area contributed by atoms with Crippen LogP contribution in [0, 0.1) is 0 Å². The maximum Gasteiger partial charge on any atom is 0.419 e. The van der Waals surface area contributed by atoms with E-state index in [1.54, 1.807) is 26.3 Å². The third-order valence-corrected chi connectivity index (χ3v) is 3.69. The molecule has 0 fully saturated rings. The molecule has 0 saturated carbocycles. The van der Waals surface area contributed by atoms with E-state index in [0.717, 1.165) is 21.1 Å². The van der Waals surface area contributed by atoms with Gasteiger partial charge in [-0.2, -0.15) is 11.3 Å². The van der Waals surface area contributed by atoms with E-state index in [9.17, 15) is 0 Å². The van der Waals surface area contributed by atoms with Gasteiger partial charge in [0.05, 0.1) is 11.5 Å². The second-order valence-corrected chi connectivity index (χ2v) is 5.48. The minimum absolute atomic E-state index is 0.831. The summed E-state index contributed by atoms with van der Waals surface area (Å²) in [6, 6.07) is 23.4. The van der Waals surface area contributed by atoms with Crippen LogP contribution in [-0.4, -0.2) is 15.0 Å². The van der Waals surface area contributed by atoms with E-state index in [1.807, 2.05) is 72.8 Å². The predicted molar refractivity (Wildman–Crippen MR) is 89.2 cm³/mol. The Bertz CT molecular complexity index is 613. The Labute approximate surface area is 129 Å². The second-order valence-electron chi connectivity index (χ2n) is 4.34. The molecule has 0 N–H and O–H groups in total. The molecule has 2 radical (unpaired) electrons. The molecule has 21 heavy (non-hydrogen) atoms. The summed E-state index contributed by atoms with van der Waals surface area (Å²) in [4.78, 5) is 0. The van der Waals surface area contributed by atoms with Crippen LogP contribution in [-0.2, 0) is 0 Å². The topological polar surface area (TPSA) is 18.5 Å². The number of rotatable bonds is 6. The van der Waals surface area contributed by atoms with Crippen molar-refractivity contribution in [1.82, 2.24) is 0 Å². The molecule has 2 nitrogen and oxygen atoms in total. The van der Waals surface area contributed by atoms with Crippen LogP contribution in [0.2, 0.25) is 0 Å². The van der Waals surface area contributed by atoms with Crippen LogP contribution in [0.3, 0.4) is 0 Å². The molecule has 0 saturated heterocycles. The van der Waals surface area contributed by atoms with E-state index in [4.69, 9.17) is 9.31 Å². The van der Waals surface area contributed by atoms with Crippen LogP contribution >= 0.6 is 11.3 Å². The fourth-order valence-corrected chi connectivity index (χ4v) is 2.48. The molecule has 0 amide bonds. The van der Waals surface area contributed by atoms with Crippen LogP contribution in [0.15, 0.2) is 72.8 Å². The van der Waals surface area contributed by atoms with Crippen LogP contribution in [0.4, 0.5) is 0 Å². The van der Waals surface area contributed by atoms with Crippen LogP contribution in [0.5, 0.6) is 11.5 Å². The lowest BCUT2D eigenvalue weighted by molar-refractivity contribution is 0.605. The first-order valence-electron chi connectivity index (χ1n) is 6.60. The molecule has 1 aromatic heterocycles. The van der Waals surface area contributed by atoms with E-state index in [1.165, 1.54) is 0 Å². The lowest BCUT2D eigenvalue weighted by Crippen LogP contribution is -2.19. The van der Waals surface area contributed by atoms with Gasteiger partial charge in [-0.05, 0) is 24.3 Å².